The van der Waals surface area contributed by atoms with E-state index in [9.17, 15) is 9.59 Å². The number of ether oxygens (including phenoxy) is 3. The highest BCUT2D eigenvalue weighted by atomic mass is 16.7. The molecule has 9 heteroatoms. The third-order valence-corrected chi connectivity index (χ3v) is 6.62. The fourth-order valence-electron chi connectivity index (χ4n) is 4.86. The van der Waals surface area contributed by atoms with E-state index in [1.54, 1.807) is 27.9 Å². The molecule has 2 saturated carbocycles. The van der Waals surface area contributed by atoms with Gasteiger partial charge in [-0.1, -0.05) is 0 Å². The molecule has 9 nitrogen and oxygen atoms in total. The summed E-state index contributed by atoms with van der Waals surface area (Å²) in [6, 6.07) is 5.34. The molecule has 35 heavy (non-hydrogen) atoms. The van der Waals surface area contributed by atoms with Crippen molar-refractivity contribution in [2.24, 2.45) is 0 Å². The lowest BCUT2D eigenvalue weighted by molar-refractivity contribution is -0.0593. The van der Waals surface area contributed by atoms with Gasteiger partial charge in [0.15, 0.2) is 11.5 Å². The highest BCUT2D eigenvalue weighted by molar-refractivity contribution is 5.90. The Morgan fingerprint density at radius 1 is 1.09 bits per heavy atom. The van der Waals surface area contributed by atoms with Gasteiger partial charge in [-0.3, -0.25) is 10.3 Å². The van der Waals surface area contributed by atoms with E-state index in [1.165, 1.54) is 12.8 Å². The van der Waals surface area contributed by atoms with Crippen molar-refractivity contribution in [3.05, 3.63) is 29.8 Å². The molecule has 3 aliphatic rings. The first-order chi connectivity index (χ1) is 16.6. The van der Waals surface area contributed by atoms with Crippen LogP contribution in [0, 0.1) is 0 Å². The zero-order valence-electron chi connectivity index (χ0n) is 21.1. The zero-order chi connectivity index (χ0) is 25.1. The molecule has 0 radical (unpaired) electrons. The van der Waals surface area contributed by atoms with E-state index in [4.69, 9.17) is 19.0 Å². The third-order valence-electron chi connectivity index (χ3n) is 6.62. The Balaban J connectivity index is 1.33. The number of hydroxylamine groups is 1. The van der Waals surface area contributed by atoms with E-state index < -0.39 is 23.3 Å². The molecule has 1 spiro atoms. The van der Waals surface area contributed by atoms with Crippen LogP contribution in [0.25, 0.3) is 5.70 Å². The molecule has 1 aromatic rings. The van der Waals surface area contributed by atoms with Crippen LogP contribution in [0.15, 0.2) is 24.3 Å². The number of hydrogen-bond acceptors (Lipinski definition) is 7. The molecule has 0 atom stereocenters. The van der Waals surface area contributed by atoms with Crippen LogP contribution in [0.3, 0.4) is 0 Å². The summed E-state index contributed by atoms with van der Waals surface area (Å²) in [5.74, 6) is 1.48. The Labute approximate surface area is 206 Å². The van der Waals surface area contributed by atoms with Gasteiger partial charge in [-0.2, -0.15) is 0 Å². The number of nitrogens with one attached hydrogen (secondary N) is 3. The number of amides is 3. The highest BCUT2D eigenvalue weighted by Gasteiger charge is 2.40. The topological polar surface area (TPSA) is 107 Å². The average molecular weight is 488 g/mol. The van der Waals surface area contributed by atoms with Gasteiger partial charge in [0.05, 0.1) is 18.9 Å². The Bertz CT molecular complexity index is 956. The van der Waals surface area contributed by atoms with Gasteiger partial charge in [0.25, 0.3) is 0 Å². The van der Waals surface area contributed by atoms with Gasteiger partial charge >= 0.3 is 12.1 Å². The molecule has 3 amide bonds. The smallest absolute Gasteiger partial charge is 0.415 e. The van der Waals surface area contributed by atoms with Crippen LogP contribution >= 0.6 is 0 Å². The standard InChI is InChI=1S/C26H37N3O6/c1-25(2,3)34-24(31)28-23(30)27-18-11-13-26(14-12-18)16-20(29-35-26)17-9-10-21(32-4)22(15-17)33-19-7-5-6-8-19/h9-10,15-16,18-19,29H,5-8,11-14H2,1-4H3,(H2,27,28,30,31). The second-order valence-electron chi connectivity index (χ2n) is 10.6. The van der Waals surface area contributed by atoms with Crippen molar-refractivity contribution in [2.45, 2.75) is 95.5 Å². The number of imide groups is 1. The molecule has 3 N–H and O–H groups in total. The van der Waals surface area contributed by atoms with Crippen LogP contribution in [-0.4, -0.2) is 42.6 Å². The second kappa shape index (κ2) is 10.4. The van der Waals surface area contributed by atoms with Crippen molar-refractivity contribution in [1.29, 1.82) is 0 Å². The van der Waals surface area contributed by atoms with Crippen LogP contribution in [0.2, 0.25) is 0 Å². The van der Waals surface area contributed by atoms with Gasteiger partial charge in [0, 0.05) is 11.6 Å². The number of rotatable bonds is 5. The van der Waals surface area contributed by atoms with E-state index >= 15 is 0 Å². The Morgan fingerprint density at radius 3 is 2.46 bits per heavy atom. The van der Waals surface area contributed by atoms with Gasteiger partial charge in [0.2, 0.25) is 0 Å². The fourth-order valence-corrected chi connectivity index (χ4v) is 4.86. The van der Waals surface area contributed by atoms with Gasteiger partial charge in [-0.25, -0.2) is 14.9 Å². The van der Waals surface area contributed by atoms with E-state index in [2.05, 4.69) is 22.2 Å². The van der Waals surface area contributed by atoms with Crippen LogP contribution in [0.1, 0.15) is 77.7 Å². The molecule has 0 saturated heterocycles. The maximum absolute atomic E-state index is 12.2. The zero-order valence-corrected chi connectivity index (χ0v) is 21.1. The molecule has 0 bridgehead atoms. The third kappa shape index (κ3) is 6.60. The average Bonchev–Trinajstić information content (AvgIpc) is 3.44. The lowest BCUT2D eigenvalue weighted by Gasteiger charge is -2.34. The molecule has 192 valence electrons. The van der Waals surface area contributed by atoms with Crippen LogP contribution in [0.4, 0.5) is 9.59 Å². The molecular formula is C26H37N3O6. The molecule has 0 unspecified atom stereocenters. The molecule has 0 aromatic heterocycles. The summed E-state index contributed by atoms with van der Waals surface area (Å²) in [4.78, 5) is 30.0. The van der Waals surface area contributed by atoms with Crippen molar-refractivity contribution >= 4 is 17.8 Å². The maximum atomic E-state index is 12.2. The SMILES string of the molecule is COc1ccc(C2=CC3(CCC(NC(=O)NC(=O)OC(C)(C)C)CC3)ON2)cc1OC1CCCC1. The predicted octanol–water partition coefficient (Wildman–Crippen LogP) is 4.81. The first-order valence-corrected chi connectivity index (χ1v) is 12.5. The number of carbonyl (C=O) groups excluding carboxylic acids is 2. The fraction of sp³-hybridized carbons (Fsp3) is 0.615. The quantitative estimate of drug-likeness (QED) is 0.547. The van der Waals surface area contributed by atoms with Crippen molar-refractivity contribution in [2.75, 3.05) is 7.11 Å². The second-order valence-corrected chi connectivity index (χ2v) is 10.6. The monoisotopic (exact) mass is 487 g/mol. The summed E-state index contributed by atoms with van der Waals surface area (Å²) in [5, 5.41) is 5.09. The van der Waals surface area contributed by atoms with E-state index in [0.717, 1.165) is 61.3 Å². The van der Waals surface area contributed by atoms with Crippen molar-refractivity contribution in [3.63, 3.8) is 0 Å². The number of carbonyl (C=O) groups is 2. The Kier molecular flexibility index (Phi) is 7.44. The Morgan fingerprint density at radius 2 is 1.80 bits per heavy atom. The predicted molar refractivity (Wildman–Crippen MR) is 131 cm³/mol. The summed E-state index contributed by atoms with van der Waals surface area (Å²) >= 11 is 0. The summed E-state index contributed by atoms with van der Waals surface area (Å²) in [7, 11) is 1.65. The van der Waals surface area contributed by atoms with E-state index in [0.29, 0.717) is 0 Å². The molecule has 2 fully saturated rings. The molecule has 1 aliphatic heterocycles. The maximum Gasteiger partial charge on any atom is 0.415 e. The van der Waals surface area contributed by atoms with Crippen molar-refractivity contribution < 1.29 is 28.6 Å². The number of hydrogen-bond donors (Lipinski definition) is 3. The summed E-state index contributed by atoms with van der Waals surface area (Å²) in [6.07, 6.45) is 9.10. The van der Waals surface area contributed by atoms with Crippen LogP contribution in [-0.2, 0) is 9.57 Å². The number of urea groups is 1. The summed E-state index contributed by atoms with van der Waals surface area (Å²) < 4.78 is 16.9. The summed E-state index contributed by atoms with van der Waals surface area (Å²) in [6.45, 7) is 5.24. The Hall–Kier alpha value is -2.94. The first kappa shape index (κ1) is 25.2. The molecular weight excluding hydrogens is 450 g/mol. The minimum Gasteiger partial charge on any atom is -0.493 e. The number of alkyl carbamates (subject to hydrolysis) is 1. The first-order valence-electron chi connectivity index (χ1n) is 12.5. The van der Waals surface area contributed by atoms with Crippen LogP contribution < -0.4 is 25.6 Å². The van der Waals surface area contributed by atoms with Crippen LogP contribution in [0.5, 0.6) is 11.5 Å². The van der Waals surface area contributed by atoms with Crippen molar-refractivity contribution in [1.82, 2.24) is 16.1 Å². The van der Waals surface area contributed by atoms with E-state index in [1.807, 2.05) is 18.2 Å². The highest BCUT2D eigenvalue weighted by Crippen LogP contribution is 2.40. The molecule has 1 heterocycles. The summed E-state index contributed by atoms with van der Waals surface area (Å²) in [5.41, 5.74) is 3.89. The molecule has 2 aliphatic carbocycles. The normalized spacial score (nSPS) is 24.5. The number of benzene rings is 1. The van der Waals surface area contributed by atoms with Gasteiger partial charge in [-0.15, -0.1) is 0 Å². The lowest BCUT2D eigenvalue weighted by Crippen LogP contribution is -2.49. The van der Waals surface area contributed by atoms with Crippen molar-refractivity contribution in [3.8, 4) is 11.5 Å². The minimum atomic E-state index is -0.756. The minimum absolute atomic E-state index is 0.0449. The molecule has 4 rings (SSSR count). The number of methoxy groups -OCH3 is 1. The largest absolute Gasteiger partial charge is 0.493 e. The molecule has 1 aromatic carbocycles. The lowest BCUT2D eigenvalue weighted by atomic mass is 9.81. The van der Waals surface area contributed by atoms with Gasteiger partial charge in [0.1, 0.15) is 11.2 Å². The van der Waals surface area contributed by atoms with E-state index in [-0.39, 0.29) is 12.1 Å². The van der Waals surface area contributed by atoms with Gasteiger partial charge in [-0.05, 0) is 96.4 Å². The van der Waals surface area contributed by atoms with Gasteiger partial charge < -0.3 is 19.5 Å².